The number of halogens is 3. The van der Waals surface area contributed by atoms with Crippen LogP contribution in [0.15, 0.2) is 55.6 Å². The molecule has 2 heterocycles. The molecule has 2 aromatic carbocycles. The molecule has 0 fully saturated rings. The fraction of sp³-hybridized carbons (Fsp3) is 0.185. The molecular weight excluding hydrogens is 529 g/mol. The number of benzene rings is 2. The molecule has 0 saturated heterocycles. The minimum Gasteiger partial charge on any atom is -0.301 e. The largest absolute Gasteiger partial charge is 0.335 e. The van der Waals surface area contributed by atoms with Crippen LogP contribution in [0.4, 0.5) is 13.2 Å². The summed E-state index contributed by atoms with van der Waals surface area (Å²) in [5.41, 5.74) is -2.41. The quantitative estimate of drug-likeness (QED) is 0.375. The van der Waals surface area contributed by atoms with Gasteiger partial charge >= 0.3 is 11.4 Å². The lowest BCUT2D eigenvalue weighted by Gasteiger charge is -2.11. The van der Waals surface area contributed by atoms with Crippen molar-refractivity contribution in [2.24, 2.45) is 14.1 Å². The lowest BCUT2D eigenvalue weighted by Crippen LogP contribution is -2.38. The lowest BCUT2D eigenvalue weighted by molar-refractivity contribution is 0.580. The standard InChI is InChI=1S/C14H12FN3O2.C13H9F2N3O2/c1-8-4-12(11(15)6-10(8)7-16)18-13(19)5-9(2)17(3)14(18)20;1-7-3-12(19)18(13(20)17(7)2)11-5-9(14)8(6-16)4-10(11)15/h4-6H,1-3H3;3-5H,1-2H3. The van der Waals surface area contributed by atoms with E-state index in [0.717, 1.165) is 21.3 Å². The third-order valence-electron chi connectivity index (χ3n) is 6.17. The van der Waals surface area contributed by atoms with Gasteiger partial charge in [0.2, 0.25) is 0 Å². The van der Waals surface area contributed by atoms with Crippen molar-refractivity contribution in [1.82, 2.24) is 18.3 Å². The van der Waals surface area contributed by atoms with Gasteiger partial charge in [-0.2, -0.15) is 10.5 Å². The van der Waals surface area contributed by atoms with Crippen molar-refractivity contribution >= 4 is 0 Å². The lowest BCUT2D eigenvalue weighted by atomic mass is 10.1. The highest BCUT2D eigenvalue weighted by Crippen LogP contribution is 2.17. The molecule has 0 saturated carbocycles. The highest BCUT2D eigenvalue weighted by Gasteiger charge is 2.17. The summed E-state index contributed by atoms with van der Waals surface area (Å²) in [6.07, 6.45) is 0. The number of hydrogen-bond donors (Lipinski definition) is 0. The summed E-state index contributed by atoms with van der Waals surface area (Å²) in [4.78, 5) is 47.9. The van der Waals surface area contributed by atoms with Crippen LogP contribution in [0.5, 0.6) is 0 Å². The van der Waals surface area contributed by atoms with Gasteiger partial charge in [-0.3, -0.25) is 9.59 Å². The first-order chi connectivity index (χ1) is 18.7. The van der Waals surface area contributed by atoms with E-state index in [-0.39, 0.29) is 11.3 Å². The van der Waals surface area contributed by atoms with Gasteiger partial charge in [-0.1, -0.05) is 0 Å². The van der Waals surface area contributed by atoms with Gasteiger partial charge in [0, 0.05) is 43.7 Å². The van der Waals surface area contributed by atoms with E-state index in [1.165, 1.54) is 36.9 Å². The molecule has 10 nitrogen and oxygen atoms in total. The number of nitrogens with zero attached hydrogens (tertiary/aromatic N) is 6. The van der Waals surface area contributed by atoms with E-state index < -0.39 is 51.2 Å². The van der Waals surface area contributed by atoms with Crippen molar-refractivity contribution in [1.29, 1.82) is 10.5 Å². The molecule has 4 aromatic rings. The number of aromatic nitrogens is 4. The molecule has 0 radical (unpaired) electrons. The second-order valence-electron chi connectivity index (χ2n) is 8.73. The molecule has 0 amide bonds. The minimum atomic E-state index is -1.02. The third kappa shape index (κ3) is 5.26. The Labute approximate surface area is 224 Å². The average molecular weight is 550 g/mol. The Kier molecular flexibility index (Phi) is 8.10. The summed E-state index contributed by atoms with van der Waals surface area (Å²) in [6.45, 7) is 4.78. The molecule has 204 valence electrons. The Balaban J connectivity index is 0.000000220. The molecule has 4 rings (SSSR count). The van der Waals surface area contributed by atoms with Gasteiger partial charge in [-0.25, -0.2) is 31.9 Å². The Bertz CT molecular complexity index is 1860. The first-order valence-electron chi connectivity index (χ1n) is 11.4. The number of hydrogen-bond acceptors (Lipinski definition) is 6. The van der Waals surface area contributed by atoms with Crippen LogP contribution in [0.3, 0.4) is 0 Å². The van der Waals surface area contributed by atoms with E-state index >= 15 is 0 Å². The summed E-state index contributed by atoms with van der Waals surface area (Å²) in [5, 5.41) is 17.4. The Morgan fingerprint density at radius 1 is 0.600 bits per heavy atom. The SMILES string of the molecule is Cc1cc(-n2c(=O)cc(C)n(C)c2=O)c(F)cc1C#N.Cc1cc(=O)n(-c2cc(F)c(C#N)cc2F)c(=O)n1C. The molecule has 0 aliphatic rings. The summed E-state index contributed by atoms with van der Waals surface area (Å²) >= 11 is 0. The monoisotopic (exact) mass is 550 g/mol. The molecular formula is C27H21F3N6O4. The predicted molar refractivity (Wildman–Crippen MR) is 138 cm³/mol. The fourth-order valence-corrected chi connectivity index (χ4v) is 3.67. The second-order valence-corrected chi connectivity index (χ2v) is 8.73. The van der Waals surface area contributed by atoms with E-state index in [2.05, 4.69) is 0 Å². The Morgan fingerprint density at radius 2 is 1.00 bits per heavy atom. The Hall–Kier alpha value is -5.43. The molecule has 0 spiro atoms. The maximum absolute atomic E-state index is 14.0. The van der Waals surface area contributed by atoms with Gasteiger partial charge in [-0.05, 0) is 44.5 Å². The van der Waals surface area contributed by atoms with Crippen LogP contribution in [-0.4, -0.2) is 18.3 Å². The molecule has 0 unspecified atom stereocenters. The number of nitriles is 2. The maximum Gasteiger partial charge on any atom is 0.335 e. The van der Waals surface area contributed by atoms with Gasteiger partial charge in [0.25, 0.3) is 11.1 Å². The first kappa shape index (κ1) is 29.1. The predicted octanol–water partition coefficient (Wildman–Crippen LogP) is 2.16. The van der Waals surface area contributed by atoms with Gasteiger partial charge in [0.15, 0.2) is 0 Å². The molecule has 0 N–H and O–H groups in total. The number of aryl methyl sites for hydroxylation is 3. The van der Waals surface area contributed by atoms with Gasteiger partial charge in [0.1, 0.15) is 23.5 Å². The van der Waals surface area contributed by atoms with E-state index in [4.69, 9.17) is 10.5 Å². The molecule has 0 bridgehead atoms. The van der Waals surface area contributed by atoms with Gasteiger partial charge in [0.05, 0.1) is 28.6 Å². The molecule has 0 atom stereocenters. The number of rotatable bonds is 2. The molecule has 40 heavy (non-hydrogen) atoms. The van der Waals surface area contributed by atoms with E-state index in [1.54, 1.807) is 20.8 Å². The third-order valence-corrected chi connectivity index (χ3v) is 6.17. The molecule has 2 aromatic heterocycles. The van der Waals surface area contributed by atoms with Crippen LogP contribution in [-0.2, 0) is 14.1 Å². The highest BCUT2D eigenvalue weighted by molar-refractivity contribution is 5.46. The summed E-state index contributed by atoms with van der Waals surface area (Å²) in [5.74, 6) is -2.81. The summed E-state index contributed by atoms with van der Waals surface area (Å²) < 4.78 is 45.1. The molecule has 0 aliphatic carbocycles. The van der Waals surface area contributed by atoms with Crippen molar-refractivity contribution in [3.8, 4) is 23.5 Å². The summed E-state index contributed by atoms with van der Waals surface area (Å²) in [7, 11) is 2.91. The summed E-state index contributed by atoms with van der Waals surface area (Å²) in [6, 6.07) is 9.38. The zero-order valence-electron chi connectivity index (χ0n) is 21.9. The van der Waals surface area contributed by atoms with Crippen LogP contribution in [0.25, 0.3) is 11.4 Å². The van der Waals surface area contributed by atoms with Gasteiger partial charge < -0.3 is 9.13 Å². The fourth-order valence-electron chi connectivity index (χ4n) is 3.67. The highest BCUT2D eigenvalue weighted by atomic mass is 19.1. The normalized spacial score (nSPS) is 10.3. The van der Waals surface area contributed by atoms with Crippen LogP contribution >= 0.6 is 0 Å². The van der Waals surface area contributed by atoms with Crippen LogP contribution in [0.2, 0.25) is 0 Å². The molecule has 0 aliphatic heterocycles. The molecule has 13 heteroatoms. The first-order valence-corrected chi connectivity index (χ1v) is 11.4. The zero-order valence-corrected chi connectivity index (χ0v) is 21.9. The van der Waals surface area contributed by atoms with Crippen molar-refractivity contribution in [3.63, 3.8) is 0 Å². The van der Waals surface area contributed by atoms with Crippen molar-refractivity contribution in [2.45, 2.75) is 20.8 Å². The zero-order chi connectivity index (χ0) is 30.0. The van der Waals surface area contributed by atoms with Crippen LogP contribution in [0, 0.1) is 60.9 Å². The van der Waals surface area contributed by atoms with E-state index in [1.807, 2.05) is 6.07 Å². The topological polar surface area (TPSA) is 136 Å². The second kappa shape index (κ2) is 11.1. The maximum atomic E-state index is 14.0. The van der Waals surface area contributed by atoms with Crippen LogP contribution in [0.1, 0.15) is 28.1 Å². The van der Waals surface area contributed by atoms with Crippen molar-refractivity contribution in [3.05, 3.63) is 124 Å². The smallest absolute Gasteiger partial charge is 0.301 e. The average Bonchev–Trinajstić information content (AvgIpc) is 2.89. The van der Waals surface area contributed by atoms with Crippen molar-refractivity contribution in [2.75, 3.05) is 0 Å². The van der Waals surface area contributed by atoms with Gasteiger partial charge in [-0.15, -0.1) is 0 Å². The van der Waals surface area contributed by atoms with Crippen molar-refractivity contribution < 1.29 is 13.2 Å². The van der Waals surface area contributed by atoms with E-state index in [0.29, 0.717) is 33.7 Å². The van der Waals surface area contributed by atoms with E-state index in [9.17, 15) is 32.3 Å². The van der Waals surface area contributed by atoms with Crippen LogP contribution < -0.4 is 22.5 Å². The Morgan fingerprint density at radius 3 is 1.43 bits per heavy atom. The minimum absolute atomic E-state index is 0.146.